The molecule has 44 heavy (non-hydrogen) atoms. The number of nitrogens with zero attached hydrogens (tertiary/aromatic N) is 1. The number of furan rings is 1. The van der Waals surface area contributed by atoms with Gasteiger partial charge in [-0.3, -0.25) is 4.79 Å². The zero-order valence-electron chi connectivity index (χ0n) is 24.8. The van der Waals surface area contributed by atoms with Gasteiger partial charge in [-0.2, -0.15) is 17.5 Å². The number of halogens is 3. The van der Waals surface area contributed by atoms with E-state index in [1.54, 1.807) is 44.2 Å². The highest BCUT2D eigenvalue weighted by atomic mass is 32.2. The molecule has 1 heterocycles. The Morgan fingerprint density at radius 3 is 2.18 bits per heavy atom. The second kappa shape index (κ2) is 11.7. The molecule has 0 N–H and O–H groups in total. The van der Waals surface area contributed by atoms with E-state index in [2.05, 4.69) is 0 Å². The van der Waals surface area contributed by atoms with Crippen LogP contribution in [-0.2, 0) is 39.5 Å². The number of hydrogen-bond acceptors (Lipinski definition) is 4. The quantitative estimate of drug-likeness (QED) is 0.166. The lowest BCUT2D eigenvalue weighted by Crippen LogP contribution is -2.31. The lowest BCUT2D eigenvalue weighted by Gasteiger charge is -2.24. The number of fused-ring (bicyclic) bond motifs is 1. The summed E-state index contributed by atoms with van der Waals surface area (Å²) in [5.41, 5.74) is 3.16. The number of benzene rings is 4. The molecule has 1 aromatic heterocycles. The standard InChI is InChI=1S/C35H32F3NO4S/c1-23-12-15-27-8-5-6-11-31(27)33(23)44(41,42)39(22-30-18-19-32(43-30)35(36,37)38)21-25-13-16-26(17-14-25)28-9-7-10-29(20-28)34(3,4)24(2)40/h5-20H,21-22H2,1-4H3. The highest BCUT2D eigenvalue weighted by Gasteiger charge is 2.36. The SMILES string of the molecule is CC(=O)C(C)(C)c1cccc(-c2ccc(CN(Cc3ccc(C(F)(F)F)o3)S(=O)(=O)c3c(C)ccc4ccccc34)cc2)c1. The molecular formula is C35H32F3NO4S. The zero-order valence-corrected chi connectivity index (χ0v) is 25.6. The molecule has 4 aromatic carbocycles. The first-order chi connectivity index (χ1) is 20.7. The van der Waals surface area contributed by atoms with Crippen LogP contribution in [0.5, 0.6) is 0 Å². The molecule has 0 aliphatic rings. The van der Waals surface area contributed by atoms with Gasteiger partial charge in [0.15, 0.2) is 0 Å². The molecular weight excluding hydrogens is 587 g/mol. The summed E-state index contributed by atoms with van der Waals surface area (Å²) in [4.78, 5) is 12.3. The molecule has 0 spiro atoms. The van der Waals surface area contributed by atoms with Gasteiger partial charge in [0.05, 0.1) is 11.4 Å². The predicted octanol–water partition coefficient (Wildman–Crippen LogP) is 8.68. The van der Waals surface area contributed by atoms with E-state index in [9.17, 15) is 26.4 Å². The van der Waals surface area contributed by atoms with Crippen molar-refractivity contribution >= 4 is 26.6 Å². The minimum Gasteiger partial charge on any atom is -0.455 e. The topological polar surface area (TPSA) is 67.6 Å². The van der Waals surface area contributed by atoms with Gasteiger partial charge in [0.2, 0.25) is 15.8 Å². The molecule has 0 radical (unpaired) electrons. The summed E-state index contributed by atoms with van der Waals surface area (Å²) in [5, 5.41) is 1.25. The molecule has 0 fully saturated rings. The van der Waals surface area contributed by atoms with Gasteiger partial charge in [-0.1, -0.05) is 84.9 Å². The van der Waals surface area contributed by atoms with Crippen LogP contribution < -0.4 is 0 Å². The molecule has 0 atom stereocenters. The van der Waals surface area contributed by atoms with E-state index in [0.717, 1.165) is 38.5 Å². The first kappa shape index (κ1) is 31.2. The summed E-state index contributed by atoms with van der Waals surface area (Å²) in [6.07, 6.45) is -4.69. The minimum atomic E-state index is -4.69. The summed E-state index contributed by atoms with van der Waals surface area (Å²) in [6, 6.07) is 27.6. The predicted molar refractivity (Wildman–Crippen MR) is 164 cm³/mol. The maximum atomic E-state index is 14.3. The van der Waals surface area contributed by atoms with Gasteiger partial charge in [0.1, 0.15) is 11.5 Å². The van der Waals surface area contributed by atoms with Crippen molar-refractivity contribution < 1.29 is 30.8 Å². The van der Waals surface area contributed by atoms with E-state index in [-0.39, 0.29) is 23.0 Å². The Morgan fingerprint density at radius 2 is 1.52 bits per heavy atom. The first-order valence-corrected chi connectivity index (χ1v) is 15.5. The molecule has 5 aromatic rings. The molecule has 0 unspecified atom stereocenters. The van der Waals surface area contributed by atoms with E-state index in [1.165, 1.54) is 0 Å². The number of sulfonamides is 1. The van der Waals surface area contributed by atoms with Crippen molar-refractivity contribution in [2.24, 2.45) is 0 Å². The fraction of sp³-hybridized carbons (Fsp3) is 0.229. The number of hydrogen-bond donors (Lipinski definition) is 0. The molecule has 5 nitrogen and oxygen atoms in total. The van der Waals surface area contributed by atoms with Crippen molar-refractivity contribution in [3.8, 4) is 11.1 Å². The van der Waals surface area contributed by atoms with Crippen LogP contribution in [0.2, 0.25) is 0 Å². The summed E-state index contributed by atoms with van der Waals surface area (Å²) in [5.74, 6) is -1.27. The maximum Gasteiger partial charge on any atom is 0.449 e. The zero-order chi connectivity index (χ0) is 31.9. The van der Waals surface area contributed by atoms with Crippen molar-refractivity contribution in [1.29, 1.82) is 0 Å². The van der Waals surface area contributed by atoms with Gasteiger partial charge in [0, 0.05) is 17.3 Å². The monoisotopic (exact) mass is 619 g/mol. The molecule has 0 bridgehead atoms. The Labute approximate surface area is 255 Å². The lowest BCUT2D eigenvalue weighted by atomic mass is 9.80. The Balaban J connectivity index is 1.52. The molecule has 0 aliphatic heterocycles. The van der Waals surface area contributed by atoms with Crippen LogP contribution in [0.15, 0.2) is 106 Å². The van der Waals surface area contributed by atoms with E-state index < -0.39 is 33.9 Å². The Morgan fingerprint density at radius 1 is 0.818 bits per heavy atom. The Bertz CT molecular complexity index is 1940. The van der Waals surface area contributed by atoms with Crippen LogP contribution in [0, 0.1) is 6.92 Å². The smallest absolute Gasteiger partial charge is 0.449 e. The van der Waals surface area contributed by atoms with Crippen LogP contribution in [0.25, 0.3) is 21.9 Å². The summed E-state index contributed by atoms with van der Waals surface area (Å²) in [7, 11) is -4.21. The van der Waals surface area contributed by atoms with Crippen LogP contribution in [-0.4, -0.2) is 18.5 Å². The summed E-state index contributed by atoms with van der Waals surface area (Å²) >= 11 is 0. The number of aryl methyl sites for hydroxylation is 1. The summed E-state index contributed by atoms with van der Waals surface area (Å²) < 4.78 is 74.6. The van der Waals surface area contributed by atoms with Crippen LogP contribution in [0.4, 0.5) is 13.2 Å². The molecule has 0 saturated carbocycles. The average Bonchev–Trinajstić information content (AvgIpc) is 3.46. The third-order valence-electron chi connectivity index (χ3n) is 8.06. The fourth-order valence-corrected chi connectivity index (χ4v) is 6.95. The fourth-order valence-electron chi connectivity index (χ4n) is 5.14. The van der Waals surface area contributed by atoms with Gasteiger partial charge >= 0.3 is 6.18 Å². The number of carbonyl (C=O) groups excluding carboxylic acids is 1. The van der Waals surface area contributed by atoms with Gasteiger partial charge in [-0.15, -0.1) is 0 Å². The molecule has 0 saturated heterocycles. The number of Topliss-reactive ketones (excluding diaryl/α,β-unsaturated/α-hetero) is 1. The summed E-state index contributed by atoms with van der Waals surface area (Å²) in [6.45, 7) is 6.51. The van der Waals surface area contributed by atoms with Crippen LogP contribution >= 0.6 is 0 Å². The van der Waals surface area contributed by atoms with Crippen LogP contribution in [0.3, 0.4) is 0 Å². The molecule has 9 heteroatoms. The van der Waals surface area contributed by atoms with Crippen molar-refractivity contribution in [2.75, 3.05) is 0 Å². The van der Waals surface area contributed by atoms with E-state index in [4.69, 9.17) is 4.42 Å². The van der Waals surface area contributed by atoms with Gasteiger partial charge in [-0.05, 0) is 73.0 Å². The Hall–Kier alpha value is -4.21. The van der Waals surface area contributed by atoms with Crippen molar-refractivity contribution in [1.82, 2.24) is 4.31 Å². The highest BCUT2D eigenvalue weighted by Crippen LogP contribution is 2.34. The average molecular weight is 620 g/mol. The van der Waals surface area contributed by atoms with E-state index in [1.807, 2.05) is 68.4 Å². The maximum absolute atomic E-state index is 14.3. The second-order valence-electron chi connectivity index (χ2n) is 11.4. The number of ketones is 1. The second-order valence-corrected chi connectivity index (χ2v) is 13.3. The number of alkyl halides is 3. The number of rotatable bonds is 9. The largest absolute Gasteiger partial charge is 0.455 e. The van der Waals surface area contributed by atoms with E-state index >= 15 is 0 Å². The van der Waals surface area contributed by atoms with E-state index in [0.29, 0.717) is 16.5 Å². The molecule has 0 aliphatic carbocycles. The first-order valence-electron chi connectivity index (χ1n) is 14.0. The Kier molecular flexibility index (Phi) is 8.31. The molecule has 0 amide bonds. The van der Waals surface area contributed by atoms with Crippen molar-refractivity contribution in [3.63, 3.8) is 0 Å². The van der Waals surface area contributed by atoms with Gasteiger partial charge in [-0.25, -0.2) is 8.42 Å². The number of carbonyl (C=O) groups is 1. The van der Waals surface area contributed by atoms with Gasteiger partial charge < -0.3 is 4.42 Å². The minimum absolute atomic E-state index is 0.0478. The van der Waals surface area contributed by atoms with Crippen LogP contribution in [0.1, 0.15) is 49.0 Å². The van der Waals surface area contributed by atoms with Gasteiger partial charge in [0.25, 0.3) is 0 Å². The van der Waals surface area contributed by atoms with Crippen molar-refractivity contribution in [3.05, 3.63) is 125 Å². The highest BCUT2D eigenvalue weighted by molar-refractivity contribution is 7.89. The molecule has 5 rings (SSSR count). The third-order valence-corrected chi connectivity index (χ3v) is 10.1. The third kappa shape index (κ3) is 6.21. The molecule has 228 valence electrons. The van der Waals surface area contributed by atoms with Crippen molar-refractivity contribution in [2.45, 2.75) is 57.3 Å². The lowest BCUT2D eigenvalue weighted by molar-refractivity contribution is -0.153. The normalized spacial score (nSPS) is 12.6.